The Kier molecular flexibility index (Phi) is 5.97. The molecule has 1 saturated carbocycles. The fraction of sp³-hybridized carbons (Fsp3) is 0.533. The number of halogens is 3. The molecule has 1 aliphatic heterocycles. The van der Waals surface area contributed by atoms with Gasteiger partial charge in [-0.1, -0.05) is 29.3 Å². The van der Waals surface area contributed by atoms with Crippen LogP contribution in [-0.4, -0.2) is 36.5 Å². The number of anilines is 1. The molecule has 3 atom stereocenters. The molecule has 0 radical (unpaired) electrons. The second kappa shape index (κ2) is 7.37. The van der Waals surface area contributed by atoms with Crippen LogP contribution in [0.3, 0.4) is 0 Å². The highest BCUT2D eigenvalue weighted by atomic mass is 35.5. The fourth-order valence-corrected chi connectivity index (χ4v) is 3.87. The van der Waals surface area contributed by atoms with E-state index in [1.807, 2.05) is 0 Å². The predicted molar refractivity (Wildman–Crippen MR) is 93.0 cm³/mol. The molecule has 3 rings (SSSR count). The number of hydrogen-bond acceptors (Lipinski definition) is 3. The molecule has 4 nitrogen and oxygen atoms in total. The predicted octanol–water partition coefficient (Wildman–Crippen LogP) is 3.02. The van der Waals surface area contributed by atoms with Crippen molar-refractivity contribution in [2.75, 3.05) is 25.0 Å². The van der Waals surface area contributed by atoms with Crippen LogP contribution in [-0.2, 0) is 4.79 Å². The molecule has 1 heterocycles. The first-order chi connectivity index (χ1) is 10.0. The molecule has 0 spiro atoms. The number of nitrogens with zero attached hydrogens (tertiary/aromatic N) is 1. The third-order valence-corrected chi connectivity index (χ3v) is 5.40. The minimum Gasteiger partial charge on any atom is -0.327 e. The van der Waals surface area contributed by atoms with E-state index in [-0.39, 0.29) is 18.3 Å². The van der Waals surface area contributed by atoms with Gasteiger partial charge in [-0.05, 0) is 36.8 Å². The zero-order chi connectivity index (χ0) is 15.0. The van der Waals surface area contributed by atoms with Gasteiger partial charge < -0.3 is 11.1 Å². The van der Waals surface area contributed by atoms with Crippen LogP contribution in [0.4, 0.5) is 5.69 Å². The first-order valence-corrected chi connectivity index (χ1v) is 8.02. The van der Waals surface area contributed by atoms with Crippen LogP contribution in [0.1, 0.15) is 12.8 Å². The van der Waals surface area contributed by atoms with E-state index in [2.05, 4.69) is 10.2 Å². The highest BCUT2D eigenvalue weighted by Gasteiger charge is 2.41. The van der Waals surface area contributed by atoms with E-state index in [0.29, 0.717) is 40.2 Å². The Bertz CT molecular complexity index is 555. The van der Waals surface area contributed by atoms with Crippen LogP contribution < -0.4 is 11.1 Å². The molecule has 3 N–H and O–H groups in total. The fourth-order valence-electron chi connectivity index (χ4n) is 3.52. The summed E-state index contributed by atoms with van der Waals surface area (Å²) >= 11 is 12.0. The third kappa shape index (κ3) is 3.69. The van der Waals surface area contributed by atoms with Gasteiger partial charge in [0, 0.05) is 19.1 Å². The number of carbonyl (C=O) groups excluding carboxylic acids is 1. The zero-order valence-corrected chi connectivity index (χ0v) is 14.4. The van der Waals surface area contributed by atoms with Gasteiger partial charge in [-0.3, -0.25) is 9.69 Å². The Balaban J connectivity index is 0.00000176. The molecule has 22 heavy (non-hydrogen) atoms. The lowest BCUT2D eigenvalue weighted by Gasteiger charge is -2.18. The first kappa shape index (κ1) is 17.8. The van der Waals surface area contributed by atoms with Crippen molar-refractivity contribution in [3.8, 4) is 0 Å². The summed E-state index contributed by atoms with van der Waals surface area (Å²) in [7, 11) is 0. The van der Waals surface area contributed by atoms with Crippen molar-refractivity contribution in [2.45, 2.75) is 18.9 Å². The van der Waals surface area contributed by atoms with Crippen LogP contribution in [0.5, 0.6) is 0 Å². The van der Waals surface area contributed by atoms with Crippen LogP contribution in [0.2, 0.25) is 10.0 Å². The summed E-state index contributed by atoms with van der Waals surface area (Å²) in [5.74, 6) is 1.14. The molecule has 1 aromatic carbocycles. The van der Waals surface area contributed by atoms with E-state index in [4.69, 9.17) is 28.9 Å². The van der Waals surface area contributed by atoms with Gasteiger partial charge in [0.25, 0.3) is 0 Å². The molecule has 0 aromatic heterocycles. The Morgan fingerprint density at radius 1 is 1.32 bits per heavy atom. The molecule has 7 heteroatoms. The number of benzene rings is 1. The van der Waals surface area contributed by atoms with Gasteiger partial charge in [-0.25, -0.2) is 0 Å². The largest absolute Gasteiger partial charge is 0.327 e. The molecule has 1 aromatic rings. The lowest BCUT2D eigenvalue weighted by atomic mass is 9.98. The summed E-state index contributed by atoms with van der Waals surface area (Å²) in [5.41, 5.74) is 6.67. The summed E-state index contributed by atoms with van der Waals surface area (Å²) < 4.78 is 0. The monoisotopic (exact) mass is 363 g/mol. The molecule has 1 saturated heterocycles. The molecule has 1 aliphatic carbocycles. The van der Waals surface area contributed by atoms with Crippen LogP contribution >= 0.6 is 35.6 Å². The lowest BCUT2D eigenvalue weighted by molar-refractivity contribution is -0.117. The molecular formula is C15H20Cl3N3O. The maximum atomic E-state index is 12.1. The van der Waals surface area contributed by atoms with Crippen LogP contribution in [0.25, 0.3) is 0 Å². The van der Waals surface area contributed by atoms with Gasteiger partial charge in [-0.15, -0.1) is 12.4 Å². The van der Waals surface area contributed by atoms with Gasteiger partial charge in [0.05, 0.1) is 22.3 Å². The normalized spacial score (nSPS) is 27.3. The van der Waals surface area contributed by atoms with E-state index in [1.165, 1.54) is 6.42 Å². The molecule has 122 valence electrons. The number of likely N-dealkylation sites (tertiary alicyclic amines) is 1. The first-order valence-electron chi connectivity index (χ1n) is 7.26. The molecule has 1 amide bonds. The van der Waals surface area contributed by atoms with Crippen LogP contribution in [0, 0.1) is 11.8 Å². The number of carbonyl (C=O) groups is 1. The molecular weight excluding hydrogens is 345 g/mol. The number of nitrogens with two attached hydrogens (primary N) is 1. The smallest absolute Gasteiger partial charge is 0.238 e. The summed E-state index contributed by atoms with van der Waals surface area (Å²) in [5, 5.41) is 3.65. The van der Waals surface area contributed by atoms with Gasteiger partial charge in [-0.2, -0.15) is 0 Å². The molecule has 3 unspecified atom stereocenters. The number of rotatable bonds is 3. The maximum Gasteiger partial charge on any atom is 0.238 e. The third-order valence-electron chi connectivity index (χ3n) is 4.58. The van der Waals surface area contributed by atoms with Crippen molar-refractivity contribution in [2.24, 2.45) is 17.6 Å². The number of amides is 1. The topological polar surface area (TPSA) is 58.4 Å². The van der Waals surface area contributed by atoms with Gasteiger partial charge >= 0.3 is 0 Å². The Morgan fingerprint density at radius 2 is 2.09 bits per heavy atom. The van der Waals surface area contributed by atoms with Crippen molar-refractivity contribution in [1.29, 1.82) is 0 Å². The Labute approximate surface area is 146 Å². The van der Waals surface area contributed by atoms with E-state index in [0.717, 1.165) is 19.5 Å². The van der Waals surface area contributed by atoms with Gasteiger partial charge in [0.1, 0.15) is 0 Å². The van der Waals surface area contributed by atoms with Crippen molar-refractivity contribution in [1.82, 2.24) is 4.90 Å². The van der Waals surface area contributed by atoms with Crippen molar-refractivity contribution >= 4 is 47.2 Å². The highest BCUT2D eigenvalue weighted by Crippen LogP contribution is 2.37. The van der Waals surface area contributed by atoms with Gasteiger partial charge in [0.15, 0.2) is 0 Å². The van der Waals surface area contributed by atoms with E-state index in [9.17, 15) is 4.79 Å². The average Bonchev–Trinajstić information content (AvgIpc) is 2.97. The minimum atomic E-state index is -0.0623. The number of fused-ring (bicyclic) bond motifs is 1. The summed E-state index contributed by atoms with van der Waals surface area (Å²) in [6.45, 7) is 2.26. The average molecular weight is 365 g/mol. The van der Waals surface area contributed by atoms with Crippen molar-refractivity contribution in [3.63, 3.8) is 0 Å². The van der Waals surface area contributed by atoms with Crippen molar-refractivity contribution < 1.29 is 4.79 Å². The minimum absolute atomic E-state index is 0. The summed E-state index contributed by atoms with van der Waals surface area (Å²) in [6.07, 6.45) is 2.30. The summed E-state index contributed by atoms with van der Waals surface area (Å²) in [6, 6.07) is 5.51. The highest BCUT2D eigenvalue weighted by molar-refractivity contribution is 6.43. The second-order valence-electron chi connectivity index (χ2n) is 6.01. The lowest BCUT2D eigenvalue weighted by Crippen LogP contribution is -2.34. The maximum absolute atomic E-state index is 12.1. The Morgan fingerprint density at radius 3 is 2.82 bits per heavy atom. The quantitative estimate of drug-likeness (QED) is 0.867. The molecule has 2 fully saturated rings. The Hall–Kier alpha value is -0.520. The van der Waals surface area contributed by atoms with Crippen molar-refractivity contribution in [3.05, 3.63) is 28.2 Å². The number of nitrogens with one attached hydrogen (secondary N) is 1. The second-order valence-corrected chi connectivity index (χ2v) is 6.79. The van der Waals surface area contributed by atoms with E-state index >= 15 is 0 Å². The standard InChI is InChI=1S/C15H19Cl2N3O.ClH/c16-11-2-1-3-13(15(11)17)19-14(21)8-20-6-9-4-5-12(18)10(9)7-20;/h1-3,9-10,12H,4-8,18H2,(H,19,21);1H. The number of hydrogen-bond donors (Lipinski definition) is 2. The van der Waals surface area contributed by atoms with E-state index in [1.54, 1.807) is 18.2 Å². The SMILES string of the molecule is Cl.NC1CCC2CN(CC(=O)Nc3cccc(Cl)c3Cl)CC12. The van der Waals surface area contributed by atoms with E-state index < -0.39 is 0 Å². The summed E-state index contributed by atoms with van der Waals surface area (Å²) in [4.78, 5) is 14.3. The van der Waals surface area contributed by atoms with Gasteiger partial charge in [0.2, 0.25) is 5.91 Å². The molecule has 2 aliphatic rings. The molecule has 0 bridgehead atoms. The van der Waals surface area contributed by atoms with Crippen LogP contribution in [0.15, 0.2) is 18.2 Å². The zero-order valence-electron chi connectivity index (χ0n) is 12.1.